The van der Waals surface area contributed by atoms with Crippen LogP contribution in [0.5, 0.6) is 0 Å². The van der Waals surface area contributed by atoms with Gasteiger partial charge in [-0.25, -0.2) is 9.95 Å². The minimum absolute atomic E-state index is 0.0925. The summed E-state index contributed by atoms with van der Waals surface area (Å²) >= 11 is 0. The Kier molecular flexibility index (Phi) is 3.69. The number of nitrogens with zero attached hydrogens (tertiary/aromatic N) is 4. The van der Waals surface area contributed by atoms with Crippen LogP contribution >= 0.6 is 0 Å². The van der Waals surface area contributed by atoms with E-state index in [9.17, 15) is 4.79 Å². The van der Waals surface area contributed by atoms with Gasteiger partial charge in [-0.15, -0.1) is 0 Å². The molecular weight excluding hydrogens is 330 g/mol. The summed E-state index contributed by atoms with van der Waals surface area (Å²) in [5, 5.41) is 12.0. The Labute approximate surface area is 148 Å². The average Bonchev–Trinajstić information content (AvgIpc) is 3.14. The molecule has 7 heteroatoms. The molecule has 2 aromatic carbocycles. The van der Waals surface area contributed by atoms with Gasteiger partial charge in [0.15, 0.2) is 0 Å². The fraction of sp³-hybridized carbons (Fsp3) is 0.105. The molecule has 4 aromatic rings. The Morgan fingerprint density at radius 3 is 2.31 bits per heavy atom. The molecule has 0 amide bonds. The molecule has 0 saturated carbocycles. The molecule has 130 valence electrons. The van der Waals surface area contributed by atoms with Crippen molar-refractivity contribution in [2.75, 3.05) is 0 Å². The summed E-state index contributed by atoms with van der Waals surface area (Å²) in [6, 6.07) is 18.7. The Morgan fingerprint density at radius 2 is 1.65 bits per heavy atom. The van der Waals surface area contributed by atoms with Gasteiger partial charge >= 0.3 is 5.56 Å². The Morgan fingerprint density at radius 1 is 1.04 bits per heavy atom. The van der Waals surface area contributed by atoms with Crippen molar-refractivity contribution in [3.8, 4) is 22.6 Å². The van der Waals surface area contributed by atoms with Gasteiger partial charge in [-0.1, -0.05) is 36.4 Å². The average molecular weight is 347 g/mol. The van der Waals surface area contributed by atoms with Crippen LogP contribution in [-0.4, -0.2) is 9.36 Å². The summed E-state index contributed by atoms with van der Waals surface area (Å²) in [6.45, 7) is 1.84. The van der Waals surface area contributed by atoms with Crippen molar-refractivity contribution in [1.82, 2.24) is 14.6 Å². The first-order valence-electron chi connectivity index (χ1n) is 8.13. The van der Waals surface area contributed by atoms with Gasteiger partial charge in [-0.3, -0.25) is 14.9 Å². The predicted molar refractivity (Wildman–Crippen MR) is 94.2 cm³/mol. The molecule has 0 fully saturated rings. The molecule has 26 heavy (non-hydrogen) atoms. The first-order chi connectivity index (χ1) is 12.6. The first-order valence-corrected chi connectivity index (χ1v) is 8.13. The summed E-state index contributed by atoms with van der Waals surface area (Å²) < 4.78 is 9.85. The van der Waals surface area contributed by atoms with Crippen LogP contribution in [-0.2, 0) is 7.05 Å². The second-order valence-electron chi connectivity index (χ2n) is 5.94. The summed E-state index contributed by atoms with van der Waals surface area (Å²) in [5.74, 6) is 0. The summed E-state index contributed by atoms with van der Waals surface area (Å²) in [7, 11) is 1.82. The molecule has 0 aliphatic heterocycles. The van der Waals surface area contributed by atoms with Crippen LogP contribution in [0.2, 0.25) is 0 Å². The number of nitrogens with one attached hydrogen (secondary N) is 1. The predicted octanol–water partition coefficient (Wildman–Crippen LogP) is 1.46. The van der Waals surface area contributed by atoms with Crippen LogP contribution in [0.25, 0.3) is 22.6 Å². The lowest BCUT2D eigenvalue weighted by Gasteiger charge is -2.06. The van der Waals surface area contributed by atoms with Crippen molar-refractivity contribution < 1.29 is 9.20 Å². The highest BCUT2D eigenvalue weighted by atomic mass is 16.5. The third kappa shape index (κ3) is 2.33. The van der Waals surface area contributed by atoms with E-state index in [4.69, 9.17) is 9.93 Å². The highest BCUT2D eigenvalue weighted by Crippen LogP contribution is 2.14. The second-order valence-corrected chi connectivity index (χ2v) is 5.94. The van der Waals surface area contributed by atoms with Crippen molar-refractivity contribution in [3.63, 3.8) is 0 Å². The first kappa shape index (κ1) is 15.9. The smallest absolute Gasteiger partial charge is 0.343 e. The Balaban J connectivity index is 2.01. The Bertz CT molecular complexity index is 1180. The zero-order chi connectivity index (χ0) is 18.3. The van der Waals surface area contributed by atoms with E-state index in [1.165, 1.54) is 4.68 Å². The number of para-hydroxylation sites is 1. The quantitative estimate of drug-likeness (QED) is 0.570. The summed E-state index contributed by atoms with van der Waals surface area (Å²) in [4.78, 5) is 13.2. The van der Waals surface area contributed by atoms with Crippen LogP contribution in [0.3, 0.4) is 0 Å². The van der Waals surface area contributed by atoms with Crippen molar-refractivity contribution in [2.24, 2.45) is 7.05 Å². The lowest BCUT2D eigenvalue weighted by molar-refractivity contribution is -0.667. The van der Waals surface area contributed by atoms with E-state index in [1.54, 1.807) is 9.36 Å². The molecule has 0 spiro atoms. The van der Waals surface area contributed by atoms with Gasteiger partial charge in [0.1, 0.15) is 5.69 Å². The fourth-order valence-electron chi connectivity index (χ4n) is 3.06. The highest BCUT2D eigenvalue weighted by Gasteiger charge is 2.27. The van der Waals surface area contributed by atoms with Gasteiger partial charge < -0.3 is 4.52 Å². The highest BCUT2D eigenvalue weighted by molar-refractivity contribution is 5.54. The van der Waals surface area contributed by atoms with Gasteiger partial charge in [-0.2, -0.15) is 4.68 Å². The molecule has 7 nitrogen and oxygen atoms in total. The van der Waals surface area contributed by atoms with Crippen LogP contribution in [0.15, 0.2) is 70.0 Å². The molecule has 4 rings (SSSR count). The monoisotopic (exact) mass is 347 g/mol. The molecule has 2 heterocycles. The van der Waals surface area contributed by atoms with E-state index in [-0.39, 0.29) is 11.1 Å². The molecule has 0 unspecified atom stereocenters. The molecular formula is C19H17N5O2. The maximum absolute atomic E-state index is 13.2. The number of rotatable bonds is 3. The van der Waals surface area contributed by atoms with E-state index >= 15 is 0 Å². The third-order valence-corrected chi connectivity index (χ3v) is 4.42. The SMILES string of the molecule is Cc1c(-[n+]2[n-]oc(=N)c2-c2ccccc2)c(=O)n(-c2ccccc2)n1C. The zero-order valence-electron chi connectivity index (χ0n) is 14.4. The lowest BCUT2D eigenvalue weighted by Crippen LogP contribution is -2.43. The van der Waals surface area contributed by atoms with Crippen molar-refractivity contribution in [2.45, 2.75) is 6.92 Å². The number of aromatic nitrogens is 4. The molecule has 0 atom stereocenters. The van der Waals surface area contributed by atoms with E-state index in [2.05, 4.69) is 5.27 Å². The topological polar surface area (TPSA) is 81.9 Å². The number of hydrogen-bond acceptors (Lipinski definition) is 3. The fourth-order valence-corrected chi connectivity index (χ4v) is 3.06. The van der Waals surface area contributed by atoms with E-state index < -0.39 is 0 Å². The van der Waals surface area contributed by atoms with Gasteiger partial charge in [0.05, 0.1) is 11.3 Å². The van der Waals surface area contributed by atoms with Crippen molar-refractivity contribution >= 4 is 0 Å². The maximum atomic E-state index is 13.2. The molecule has 1 N–H and O–H groups in total. The van der Waals surface area contributed by atoms with E-state index in [0.717, 1.165) is 11.3 Å². The van der Waals surface area contributed by atoms with E-state index in [1.807, 2.05) is 74.6 Å². The summed E-state index contributed by atoms with van der Waals surface area (Å²) in [6.07, 6.45) is 0. The van der Waals surface area contributed by atoms with E-state index in [0.29, 0.717) is 17.1 Å². The molecule has 0 aliphatic carbocycles. The molecule has 0 aliphatic rings. The van der Waals surface area contributed by atoms with Crippen molar-refractivity contribution in [3.05, 3.63) is 82.3 Å². The van der Waals surface area contributed by atoms with Crippen LogP contribution in [0.4, 0.5) is 0 Å². The molecule has 0 saturated heterocycles. The van der Waals surface area contributed by atoms with Gasteiger partial charge in [-0.05, 0) is 31.2 Å². The maximum Gasteiger partial charge on any atom is 0.343 e. The number of benzene rings is 2. The number of hydrogen-bond donors (Lipinski definition) is 1. The standard InChI is InChI=1S/C19H17N5O2/c1-13-16(19(25)24(22(13)2)15-11-7-4-8-12-15)23-17(18(20)26-21-23)14-9-5-3-6-10-14/h3-12,20H,1-2H3. The van der Waals surface area contributed by atoms with Crippen LogP contribution < -0.4 is 21.1 Å². The Hall–Kier alpha value is -3.61. The largest absolute Gasteiger partial charge is 0.486 e. The van der Waals surface area contributed by atoms with Crippen molar-refractivity contribution in [1.29, 1.82) is 5.41 Å². The zero-order valence-corrected chi connectivity index (χ0v) is 14.4. The van der Waals surface area contributed by atoms with Crippen LogP contribution in [0, 0.1) is 12.3 Å². The third-order valence-electron chi connectivity index (χ3n) is 4.42. The second kappa shape index (κ2) is 6.03. The molecule has 0 radical (unpaired) electrons. The molecule has 2 aromatic heterocycles. The minimum atomic E-state index is -0.230. The van der Waals surface area contributed by atoms with Crippen LogP contribution in [0.1, 0.15) is 5.69 Å². The lowest BCUT2D eigenvalue weighted by atomic mass is 10.1. The minimum Gasteiger partial charge on any atom is -0.486 e. The van der Waals surface area contributed by atoms with Gasteiger partial charge in [0.25, 0.3) is 16.9 Å². The normalized spacial score (nSPS) is 11.0. The summed E-state index contributed by atoms with van der Waals surface area (Å²) in [5.41, 5.74) is 2.71. The van der Waals surface area contributed by atoms with Gasteiger partial charge in [0.2, 0.25) is 0 Å². The molecule has 0 bridgehead atoms. The van der Waals surface area contributed by atoms with Gasteiger partial charge in [0, 0.05) is 7.05 Å².